The van der Waals surface area contributed by atoms with E-state index in [9.17, 15) is 9.90 Å². The molecule has 2 aromatic rings. The molecule has 0 spiro atoms. The highest BCUT2D eigenvalue weighted by atomic mass is 79.9. The summed E-state index contributed by atoms with van der Waals surface area (Å²) < 4.78 is 11.7. The molecule has 0 aromatic heterocycles. The molecule has 2 aromatic carbocycles. The van der Waals surface area contributed by atoms with Crippen molar-refractivity contribution in [1.29, 1.82) is 0 Å². The standard InChI is InChI=1S/C17H16Br2N2O4/c1-3-25-15-8-11(4-5-14(15)24-2)17(23)21-20-9-10-6-12(18)16(22)13(19)7-10/h4-9,22H,3H2,1-2H3,(H,21,23)/b20-9+. The normalized spacial score (nSPS) is 10.7. The Bertz CT molecular complexity index is 786. The molecule has 0 saturated carbocycles. The van der Waals surface area contributed by atoms with Crippen LogP contribution in [0, 0.1) is 0 Å². The topological polar surface area (TPSA) is 80.2 Å². The Labute approximate surface area is 162 Å². The number of phenols is 1. The lowest BCUT2D eigenvalue weighted by molar-refractivity contribution is 0.0954. The van der Waals surface area contributed by atoms with Crippen molar-refractivity contribution in [2.24, 2.45) is 5.10 Å². The zero-order valence-corrected chi connectivity index (χ0v) is 16.7. The predicted octanol–water partition coefficient (Wildman–Crippen LogP) is 4.09. The van der Waals surface area contributed by atoms with Crippen molar-refractivity contribution >= 4 is 44.0 Å². The number of methoxy groups -OCH3 is 1. The zero-order chi connectivity index (χ0) is 18.4. The van der Waals surface area contributed by atoms with Gasteiger partial charge in [-0.2, -0.15) is 5.10 Å². The summed E-state index contributed by atoms with van der Waals surface area (Å²) in [6.45, 7) is 2.31. The third kappa shape index (κ3) is 4.96. The quantitative estimate of drug-likeness (QED) is 0.491. The van der Waals surface area contributed by atoms with Crippen LogP contribution in [0.15, 0.2) is 44.4 Å². The van der Waals surface area contributed by atoms with E-state index >= 15 is 0 Å². The van der Waals surface area contributed by atoms with Crippen LogP contribution in [0.4, 0.5) is 0 Å². The summed E-state index contributed by atoms with van der Waals surface area (Å²) >= 11 is 6.47. The molecule has 132 valence electrons. The Balaban J connectivity index is 2.11. The molecular weight excluding hydrogens is 456 g/mol. The summed E-state index contributed by atoms with van der Waals surface area (Å²) in [4.78, 5) is 12.2. The van der Waals surface area contributed by atoms with Gasteiger partial charge in [-0.3, -0.25) is 4.79 Å². The van der Waals surface area contributed by atoms with Gasteiger partial charge in [-0.25, -0.2) is 5.43 Å². The first kappa shape index (κ1) is 19.3. The van der Waals surface area contributed by atoms with Crippen LogP contribution in [0.2, 0.25) is 0 Å². The van der Waals surface area contributed by atoms with Gasteiger partial charge in [0.15, 0.2) is 11.5 Å². The van der Waals surface area contributed by atoms with Crippen molar-refractivity contribution in [3.63, 3.8) is 0 Å². The third-order valence-corrected chi connectivity index (χ3v) is 4.35. The third-order valence-electron chi connectivity index (χ3n) is 3.14. The Morgan fingerprint density at radius 1 is 1.24 bits per heavy atom. The highest BCUT2D eigenvalue weighted by Gasteiger charge is 2.10. The first-order valence-corrected chi connectivity index (χ1v) is 8.87. The van der Waals surface area contributed by atoms with Gasteiger partial charge in [0.1, 0.15) is 5.75 Å². The number of ether oxygens (including phenoxy) is 2. The zero-order valence-electron chi connectivity index (χ0n) is 13.5. The minimum absolute atomic E-state index is 0.0999. The molecule has 2 N–H and O–H groups in total. The first-order chi connectivity index (χ1) is 12.0. The van der Waals surface area contributed by atoms with Gasteiger partial charge in [-0.05, 0) is 74.7 Å². The molecule has 0 unspecified atom stereocenters. The first-order valence-electron chi connectivity index (χ1n) is 7.28. The molecule has 2 rings (SSSR count). The number of halogens is 2. The van der Waals surface area contributed by atoms with Gasteiger partial charge in [0.2, 0.25) is 0 Å². The predicted molar refractivity (Wildman–Crippen MR) is 103 cm³/mol. The average molecular weight is 472 g/mol. The molecular formula is C17H16Br2N2O4. The molecule has 1 amide bonds. The highest BCUT2D eigenvalue weighted by molar-refractivity contribution is 9.11. The molecule has 0 radical (unpaired) electrons. The van der Waals surface area contributed by atoms with Crippen molar-refractivity contribution in [3.05, 3.63) is 50.4 Å². The molecule has 0 saturated heterocycles. The Morgan fingerprint density at radius 3 is 2.52 bits per heavy atom. The van der Waals surface area contributed by atoms with Crippen molar-refractivity contribution in [2.45, 2.75) is 6.92 Å². The number of benzene rings is 2. The molecule has 0 aliphatic carbocycles. The number of carbonyl (C=O) groups is 1. The molecule has 6 nitrogen and oxygen atoms in total. The summed E-state index contributed by atoms with van der Waals surface area (Å²) in [5.41, 5.74) is 3.54. The average Bonchev–Trinajstić information content (AvgIpc) is 2.59. The van der Waals surface area contributed by atoms with Crippen molar-refractivity contribution in [2.75, 3.05) is 13.7 Å². The number of carbonyl (C=O) groups excluding carboxylic acids is 1. The summed E-state index contributed by atoms with van der Waals surface area (Å²) in [6, 6.07) is 8.24. The van der Waals surface area contributed by atoms with Gasteiger partial charge < -0.3 is 14.6 Å². The lowest BCUT2D eigenvalue weighted by Gasteiger charge is -2.10. The maximum Gasteiger partial charge on any atom is 0.271 e. The second-order valence-electron chi connectivity index (χ2n) is 4.83. The summed E-state index contributed by atoms with van der Waals surface area (Å²) in [7, 11) is 1.54. The van der Waals surface area contributed by atoms with Gasteiger partial charge in [-0.15, -0.1) is 0 Å². The molecule has 0 fully saturated rings. The van der Waals surface area contributed by atoms with Gasteiger partial charge in [0.25, 0.3) is 5.91 Å². The van der Waals surface area contributed by atoms with Crippen molar-refractivity contribution in [1.82, 2.24) is 5.43 Å². The van der Waals surface area contributed by atoms with E-state index in [2.05, 4.69) is 42.4 Å². The maximum absolute atomic E-state index is 12.2. The minimum atomic E-state index is -0.378. The van der Waals surface area contributed by atoms with Gasteiger partial charge in [0.05, 0.1) is 28.9 Å². The number of amides is 1. The van der Waals surface area contributed by atoms with E-state index in [-0.39, 0.29) is 11.7 Å². The van der Waals surface area contributed by atoms with Gasteiger partial charge in [-0.1, -0.05) is 0 Å². The molecule has 0 atom stereocenters. The lowest BCUT2D eigenvalue weighted by atomic mass is 10.2. The van der Waals surface area contributed by atoms with Crippen LogP contribution < -0.4 is 14.9 Å². The van der Waals surface area contributed by atoms with E-state index in [0.29, 0.717) is 38.2 Å². The number of hydrazone groups is 1. The van der Waals surface area contributed by atoms with Crippen LogP contribution in [0.1, 0.15) is 22.8 Å². The fourth-order valence-electron chi connectivity index (χ4n) is 1.98. The Kier molecular flexibility index (Phi) is 6.83. The van der Waals surface area contributed by atoms with Crippen LogP contribution in [0.5, 0.6) is 17.2 Å². The van der Waals surface area contributed by atoms with Crippen LogP contribution in [0.3, 0.4) is 0 Å². The number of hydrogen-bond acceptors (Lipinski definition) is 5. The SMILES string of the molecule is CCOc1cc(C(=O)N/N=C/c2cc(Br)c(O)c(Br)c2)ccc1OC. The monoisotopic (exact) mass is 470 g/mol. The van der Waals surface area contributed by atoms with Crippen molar-refractivity contribution < 1.29 is 19.4 Å². The minimum Gasteiger partial charge on any atom is -0.506 e. The van der Waals surface area contributed by atoms with E-state index < -0.39 is 0 Å². The van der Waals surface area contributed by atoms with E-state index in [0.717, 1.165) is 0 Å². The van der Waals surface area contributed by atoms with E-state index in [1.54, 1.807) is 30.3 Å². The second-order valence-corrected chi connectivity index (χ2v) is 6.54. The molecule has 8 heteroatoms. The summed E-state index contributed by atoms with van der Waals surface area (Å²) in [5, 5.41) is 13.6. The lowest BCUT2D eigenvalue weighted by Crippen LogP contribution is -2.17. The van der Waals surface area contributed by atoms with Crippen molar-refractivity contribution in [3.8, 4) is 17.2 Å². The molecule has 0 aliphatic rings. The number of hydrogen-bond donors (Lipinski definition) is 2. The smallest absolute Gasteiger partial charge is 0.271 e. The van der Waals surface area contributed by atoms with Crippen LogP contribution >= 0.6 is 31.9 Å². The van der Waals surface area contributed by atoms with Crippen LogP contribution in [-0.2, 0) is 0 Å². The molecule has 0 bridgehead atoms. The van der Waals surface area contributed by atoms with Crippen LogP contribution in [-0.4, -0.2) is 30.9 Å². The number of aromatic hydroxyl groups is 1. The Morgan fingerprint density at radius 2 is 1.92 bits per heavy atom. The van der Waals surface area contributed by atoms with Gasteiger partial charge >= 0.3 is 0 Å². The largest absolute Gasteiger partial charge is 0.506 e. The fraction of sp³-hybridized carbons (Fsp3) is 0.176. The van der Waals surface area contributed by atoms with E-state index in [4.69, 9.17) is 9.47 Å². The molecule has 25 heavy (non-hydrogen) atoms. The molecule has 0 aliphatic heterocycles. The molecule has 0 heterocycles. The van der Waals surface area contributed by atoms with Crippen LogP contribution in [0.25, 0.3) is 0 Å². The summed E-state index contributed by atoms with van der Waals surface area (Å²) in [5.74, 6) is 0.772. The Hall–Kier alpha value is -2.06. The number of nitrogens with one attached hydrogen (secondary N) is 1. The highest BCUT2D eigenvalue weighted by Crippen LogP contribution is 2.32. The fourth-order valence-corrected chi connectivity index (χ4v) is 3.20. The number of rotatable bonds is 6. The summed E-state index contributed by atoms with van der Waals surface area (Å²) in [6.07, 6.45) is 1.47. The number of nitrogens with zero attached hydrogens (tertiary/aromatic N) is 1. The van der Waals surface area contributed by atoms with Gasteiger partial charge in [0, 0.05) is 5.56 Å². The second kappa shape index (κ2) is 8.87. The number of phenolic OH excluding ortho intramolecular Hbond substituents is 1. The van der Waals surface area contributed by atoms with E-state index in [1.807, 2.05) is 6.92 Å². The maximum atomic E-state index is 12.2. The van der Waals surface area contributed by atoms with E-state index in [1.165, 1.54) is 13.3 Å².